The molecular formula is C14H27N5. The van der Waals surface area contributed by atoms with Crippen LogP contribution in [0.5, 0.6) is 0 Å². The minimum absolute atomic E-state index is 0.483. The maximum Gasteiger partial charge on any atom is 0.0951 e. The zero-order chi connectivity index (χ0) is 13.7. The lowest BCUT2D eigenvalue weighted by atomic mass is 10.3. The number of rotatable bonds is 6. The van der Waals surface area contributed by atoms with Gasteiger partial charge >= 0.3 is 0 Å². The SMILES string of the molecule is CC(C)n1cncc1CNCCN1CCN(C)CC1. The lowest BCUT2D eigenvalue weighted by Gasteiger charge is -2.32. The first-order valence-corrected chi connectivity index (χ1v) is 7.29. The van der Waals surface area contributed by atoms with Crippen molar-refractivity contribution in [3.05, 3.63) is 18.2 Å². The minimum atomic E-state index is 0.483. The summed E-state index contributed by atoms with van der Waals surface area (Å²) in [5.41, 5.74) is 1.27. The van der Waals surface area contributed by atoms with E-state index in [1.54, 1.807) is 0 Å². The average molecular weight is 265 g/mol. The molecule has 1 aliphatic rings. The highest BCUT2D eigenvalue weighted by molar-refractivity contribution is 4.99. The Kier molecular flexibility index (Phi) is 5.36. The van der Waals surface area contributed by atoms with Crippen LogP contribution in [-0.2, 0) is 6.54 Å². The van der Waals surface area contributed by atoms with Gasteiger partial charge in [0, 0.05) is 58.1 Å². The second kappa shape index (κ2) is 7.03. The van der Waals surface area contributed by atoms with E-state index in [9.17, 15) is 0 Å². The summed E-state index contributed by atoms with van der Waals surface area (Å²) < 4.78 is 2.23. The van der Waals surface area contributed by atoms with Crippen LogP contribution in [0.1, 0.15) is 25.6 Å². The summed E-state index contributed by atoms with van der Waals surface area (Å²) >= 11 is 0. The van der Waals surface area contributed by atoms with Crippen molar-refractivity contribution in [1.29, 1.82) is 0 Å². The van der Waals surface area contributed by atoms with E-state index in [-0.39, 0.29) is 0 Å². The van der Waals surface area contributed by atoms with Gasteiger partial charge in [-0.2, -0.15) is 0 Å². The van der Waals surface area contributed by atoms with E-state index in [0.717, 1.165) is 19.6 Å². The van der Waals surface area contributed by atoms with Crippen LogP contribution in [0.3, 0.4) is 0 Å². The Bertz CT molecular complexity index is 366. The summed E-state index contributed by atoms with van der Waals surface area (Å²) in [6.45, 7) is 12.3. The molecular weight excluding hydrogens is 238 g/mol. The Hall–Kier alpha value is -0.910. The molecule has 19 heavy (non-hydrogen) atoms. The van der Waals surface area contributed by atoms with Crippen LogP contribution in [0.15, 0.2) is 12.5 Å². The second-order valence-electron chi connectivity index (χ2n) is 5.71. The van der Waals surface area contributed by atoms with Crippen LogP contribution in [0.4, 0.5) is 0 Å². The standard InChI is InChI=1S/C14H27N5/c1-13(2)19-12-16-11-14(19)10-15-4-5-18-8-6-17(3)7-9-18/h11-13,15H,4-10H2,1-3H3. The van der Waals surface area contributed by atoms with Crippen molar-refractivity contribution in [1.82, 2.24) is 24.7 Å². The van der Waals surface area contributed by atoms with E-state index in [4.69, 9.17) is 0 Å². The summed E-state index contributed by atoms with van der Waals surface area (Å²) in [4.78, 5) is 9.16. The third-order valence-electron chi connectivity index (χ3n) is 3.81. The van der Waals surface area contributed by atoms with Crippen molar-refractivity contribution in [2.75, 3.05) is 46.3 Å². The van der Waals surface area contributed by atoms with Gasteiger partial charge in [-0.3, -0.25) is 4.90 Å². The van der Waals surface area contributed by atoms with Crippen molar-refractivity contribution in [2.24, 2.45) is 0 Å². The summed E-state index contributed by atoms with van der Waals surface area (Å²) in [5.74, 6) is 0. The highest BCUT2D eigenvalue weighted by Gasteiger charge is 2.12. The van der Waals surface area contributed by atoms with Crippen LogP contribution in [0.25, 0.3) is 0 Å². The van der Waals surface area contributed by atoms with Gasteiger partial charge in [-0.1, -0.05) is 0 Å². The second-order valence-corrected chi connectivity index (χ2v) is 5.71. The Labute approximate surface area is 116 Å². The molecule has 1 fully saturated rings. The first kappa shape index (κ1) is 14.5. The van der Waals surface area contributed by atoms with Gasteiger partial charge in [0.25, 0.3) is 0 Å². The lowest BCUT2D eigenvalue weighted by molar-refractivity contribution is 0.154. The normalized spacial score (nSPS) is 18.3. The molecule has 0 atom stereocenters. The van der Waals surface area contributed by atoms with E-state index < -0.39 is 0 Å². The largest absolute Gasteiger partial charge is 0.331 e. The van der Waals surface area contributed by atoms with Crippen molar-refractivity contribution in [3.63, 3.8) is 0 Å². The molecule has 2 rings (SSSR count). The molecule has 1 N–H and O–H groups in total. The zero-order valence-corrected chi connectivity index (χ0v) is 12.5. The molecule has 1 saturated heterocycles. The topological polar surface area (TPSA) is 36.3 Å². The van der Waals surface area contributed by atoms with Crippen LogP contribution in [-0.4, -0.2) is 65.7 Å². The molecule has 0 amide bonds. The maximum atomic E-state index is 4.23. The number of hydrogen-bond donors (Lipinski definition) is 1. The number of nitrogens with zero attached hydrogens (tertiary/aromatic N) is 4. The van der Waals surface area contributed by atoms with Crippen LogP contribution < -0.4 is 5.32 Å². The molecule has 108 valence electrons. The lowest BCUT2D eigenvalue weighted by Crippen LogP contribution is -2.46. The highest BCUT2D eigenvalue weighted by Crippen LogP contribution is 2.08. The number of aromatic nitrogens is 2. The third-order valence-corrected chi connectivity index (χ3v) is 3.81. The van der Waals surface area contributed by atoms with Gasteiger partial charge < -0.3 is 14.8 Å². The molecule has 0 bridgehead atoms. The molecule has 0 spiro atoms. The number of nitrogens with one attached hydrogen (secondary N) is 1. The molecule has 2 heterocycles. The monoisotopic (exact) mass is 265 g/mol. The molecule has 5 nitrogen and oxygen atoms in total. The third kappa shape index (κ3) is 4.30. The van der Waals surface area contributed by atoms with Crippen LogP contribution in [0, 0.1) is 0 Å². The number of hydrogen-bond acceptors (Lipinski definition) is 4. The molecule has 5 heteroatoms. The fourth-order valence-electron chi connectivity index (χ4n) is 2.46. The minimum Gasteiger partial charge on any atom is -0.331 e. The summed E-state index contributed by atoms with van der Waals surface area (Å²) in [6.07, 6.45) is 3.88. The van der Waals surface area contributed by atoms with Gasteiger partial charge in [0.2, 0.25) is 0 Å². The first-order chi connectivity index (χ1) is 9.16. The van der Waals surface area contributed by atoms with Crippen molar-refractivity contribution < 1.29 is 0 Å². The van der Waals surface area contributed by atoms with Gasteiger partial charge in [0.1, 0.15) is 0 Å². The molecule has 0 unspecified atom stereocenters. The van der Waals surface area contributed by atoms with E-state index in [0.29, 0.717) is 6.04 Å². The van der Waals surface area contributed by atoms with E-state index in [1.165, 1.54) is 31.9 Å². The molecule has 1 aliphatic heterocycles. The smallest absolute Gasteiger partial charge is 0.0951 e. The van der Waals surface area contributed by atoms with Gasteiger partial charge in [-0.15, -0.1) is 0 Å². The Morgan fingerprint density at radius 3 is 2.68 bits per heavy atom. The summed E-state index contributed by atoms with van der Waals surface area (Å²) in [7, 11) is 2.20. The number of piperazine rings is 1. The molecule has 1 aromatic rings. The Balaban J connectivity index is 1.65. The highest BCUT2D eigenvalue weighted by atomic mass is 15.2. The van der Waals surface area contributed by atoms with Crippen molar-refractivity contribution in [3.8, 4) is 0 Å². The molecule has 1 aromatic heterocycles. The predicted octanol–water partition coefficient (Wildman–Crippen LogP) is 0.801. The van der Waals surface area contributed by atoms with Crippen LogP contribution >= 0.6 is 0 Å². The fourth-order valence-corrected chi connectivity index (χ4v) is 2.46. The number of likely N-dealkylation sites (N-methyl/N-ethyl adjacent to an activating group) is 1. The fraction of sp³-hybridized carbons (Fsp3) is 0.786. The summed E-state index contributed by atoms with van der Waals surface area (Å²) in [5, 5.41) is 3.53. The molecule has 0 aromatic carbocycles. The quantitative estimate of drug-likeness (QED) is 0.772. The van der Waals surface area contributed by atoms with Gasteiger partial charge in [-0.25, -0.2) is 4.98 Å². The van der Waals surface area contributed by atoms with E-state index in [2.05, 4.69) is 45.6 Å². The first-order valence-electron chi connectivity index (χ1n) is 7.29. The van der Waals surface area contributed by atoms with E-state index in [1.807, 2.05) is 12.5 Å². The Morgan fingerprint density at radius 1 is 1.26 bits per heavy atom. The molecule has 0 saturated carbocycles. The van der Waals surface area contributed by atoms with Gasteiger partial charge in [0.05, 0.1) is 12.0 Å². The number of imidazole rings is 1. The summed E-state index contributed by atoms with van der Waals surface area (Å²) in [6, 6.07) is 0.483. The van der Waals surface area contributed by atoms with Crippen molar-refractivity contribution in [2.45, 2.75) is 26.4 Å². The maximum absolute atomic E-state index is 4.23. The Morgan fingerprint density at radius 2 is 2.00 bits per heavy atom. The van der Waals surface area contributed by atoms with Gasteiger partial charge in [0.15, 0.2) is 0 Å². The van der Waals surface area contributed by atoms with E-state index >= 15 is 0 Å². The average Bonchev–Trinajstić information content (AvgIpc) is 2.85. The molecule has 0 radical (unpaired) electrons. The van der Waals surface area contributed by atoms with Gasteiger partial charge in [-0.05, 0) is 20.9 Å². The predicted molar refractivity (Wildman–Crippen MR) is 78.3 cm³/mol. The molecule has 0 aliphatic carbocycles. The zero-order valence-electron chi connectivity index (χ0n) is 12.5. The van der Waals surface area contributed by atoms with Crippen molar-refractivity contribution >= 4 is 0 Å². The van der Waals surface area contributed by atoms with Crippen LogP contribution in [0.2, 0.25) is 0 Å².